The van der Waals surface area contributed by atoms with Crippen molar-refractivity contribution < 1.29 is 19.1 Å². The van der Waals surface area contributed by atoms with Crippen LogP contribution < -0.4 is 14.8 Å². The minimum Gasteiger partial charge on any atom is -0.497 e. The van der Waals surface area contributed by atoms with Crippen molar-refractivity contribution in [1.29, 1.82) is 0 Å². The topological polar surface area (TPSA) is 67.9 Å². The molecule has 0 aromatic heterocycles. The van der Waals surface area contributed by atoms with E-state index in [1.807, 2.05) is 80.6 Å². The third kappa shape index (κ3) is 8.34. The van der Waals surface area contributed by atoms with E-state index >= 15 is 0 Å². The lowest BCUT2D eigenvalue weighted by Crippen LogP contribution is -2.53. The van der Waals surface area contributed by atoms with Crippen molar-refractivity contribution in [2.24, 2.45) is 0 Å². The van der Waals surface area contributed by atoms with Crippen LogP contribution in [0.4, 0.5) is 0 Å². The summed E-state index contributed by atoms with van der Waals surface area (Å²) in [7, 11) is 1.62. The van der Waals surface area contributed by atoms with Crippen LogP contribution in [-0.4, -0.2) is 42.5 Å². The molecule has 0 heterocycles. The van der Waals surface area contributed by atoms with Crippen LogP contribution in [0.5, 0.6) is 11.5 Å². The van der Waals surface area contributed by atoms with Gasteiger partial charge in [0.15, 0.2) is 6.61 Å². The molecule has 0 bridgehead atoms. The molecule has 0 radical (unpaired) electrons. The molecule has 6 heteroatoms. The van der Waals surface area contributed by atoms with E-state index in [-0.39, 0.29) is 31.0 Å². The number of nitrogens with zero attached hydrogens (tertiary/aromatic N) is 1. The van der Waals surface area contributed by atoms with Gasteiger partial charge in [-0.15, -0.1) is 0 Å². The summed E-state index contributed by atoms with van der Waals surface area (Å²) in [6.45, 7) is 4.11. The zero-order valence-corrected chi connectivity index (χ0v) is 23.3. The average molecular weight is 529 g/mol. The van der Waals surface area contributed by atoms with Crippen molar-refractivity contribution in [3.63, 3.8) is 0 Å². The zero-order valence-electron chi connectivity index (χ0n) is 23.3. The highest BCUT2D eigenvalue weighted by molar-refractivity contribution is 5.88. The fourth-order valence-electron chi connectivity index (χ4n) is 5.31. The summed E-state index contributed by atoms with van der Waals surface area (Å²) in [4.78, 5) is 29.4. The summed E-state index contributed by atoms with van der Waals surface area (Å²) in [5.74, 6) is 0.996. The normalized spacial score (nSPS) is 14.3. The Kier molecular flexibility index (Phi) is 10.0. The Morgan fingerprint density at radius 1 is 0.872 bits per heavy atom. The van der Waals surface area contributed by atoms with Crippen molar-refractivity contribution >= 4 is 11.8 Å². The van der Waals surface area contributed by atoms with Gasteiger partial charge in [-0.1, -0.05) is 67.8 Å². The number of amides is 2. The Balaban J connectivity index is 1.63. The summed E-state index contributed by atoms with van der Waals surface area (Å²) in [5.41, 5.74) is 4.02. The van der Waals surface area contributed by atoms with E-state index in [4.69, 9.17) is 9.47 Å². The highest BCUT2D eigenvalue weighted by atomic mass is 16.5. The van der Waals surface area contributed by atoms with Gasteiger partial charge in [-0.2, -0.15) is 0 Å². The van der Waals surface area contributed by atoms with Crippen LogP contribution in [0, 0.1) is 13.8 Å². The number of hydrogen-bond donors (Lipinski definition) is 1. The van der Waals surface area contributed by atoms with E-state index in [0.29, 0.717) is 17.9 Å². The average Bonchev–Trinajstić information content (AvgIpc) is 2.94. The van der Waals surface area contributed by atoms with E-state index in [9.17, 15) is 9.59 Å². The molecule has 1 atom stereocenters. The minimum absolute atomic E-state index is 0.117. The van der Waals surface area contributed by atoms with Crippen molar-refractivity contribution in [3.05, 3.63) is 95.1 Å². The maximum Gasteiger partial charge on any atom is 0.261 e. The van der Waals surface area contributed by atoms with Gasteiger partial charge in [-0.25, -0.2) is 0 Å². The van der Waals surface area contributed by atoms with Gasteiger partial charge in [-0.3, -0.25) is 9.59 Å². The Morgan fingerprint density at radius 2 is 1.56 bits per heavy atom. The smallest absolute Gasteiger partial charge is 0.261 e. The largest absolute Gasteiger partial charge is 0.497 e. The second-order valence-corrected chi connectivity index (χ2v) is 10.5. The number of rotatable bonds is 11. The van der Waals surface area contributed by atoms with E-state index in [2.05, 4.69) is 11.4 Å². The lowest BCUT2D eigenvalue weighted by Gasteiger charge is -2.33. The van der Waals surface area contributed by atoms with Gasteiger partial charge in [0.2, 0.25) is 5.91 Å². The molecule has 39 heavy (non-hydrogen) atoms. The first kappa shape index (κ1) is 28.2. The molecule has 1 N–H and O–H groups in total. The summed E-state index contributed by atoms with van der Waals surface area (Å²) < 4.78 is 11.4. The summed E-state index contributed by atoms with van der Waals surface area (Å²) in [5, 5.41) is 3.27. The van der Waals surface area contributed by atoms with E-state index in [1.165, 1.54) is 6.42 Å². The maximum atomic E-state index is 13.9. The van der Waals surface area contributed by atoms with Crippen LogP contribution in [0.25, 0.3) is 0 Å². The number of ether oxygens (including phenoxy) is 2. The van der Waals surface area contributed by atoms with Crippen molar-refractivity contribution in [2.75, 3.05) is 13.7 Å². The first-order valence-corrected chi connectivity index (χ1v) is 13.9. The molecule has 6 nitrogen and oxygen atoms in total. The molecule has 0 unspecified atom stereocenters. The van der Waals surface area contributed by atoms with Crippen LogP contribution in [0.1, 0.15) is 54.4 Å². The Morgan fingerprint density at radius 3 is 2.26 bits per heavy atom. The lowest BCUT2D eigenvalue weighted by atomic mass is 9.94. The monoisotopic (exact) mass is 528 g/mol. The molecule has 1 aliphatic carbocycles. The second-order valence-electron chi connectivity index (χ2n) is 10.5. The zero-order chi connectivity index (χ0) is 27.6. The molecule has 3 aromatic carbocycles. The Labute approximate surface area is 232 Å². The summed E-state index contributed by atoms with van der Waals surface area (Å²) >= 11 is 0. The van der Waals surface area contributed by atoms with Gasteiger partial charge >= 0.3 is 0 Å². The van der Waals surface area contributed by atoms with E-state index in [1.54, 1.807) is 12.0 Å². The van der Waals surface area contributed by atoms with Crippen LogP contribution in [0.2, 0.25) is 0 Å². The molecule has 1 aliphatic rings. The number of aryl methyl sites for hydroxylation is 2. The predicted molar refractivity (Wildman–Crippen MR) is 154 cm³/mol. The van der Waals surface area contributed by atoms with Gasteiger partial charge < -0.3 is 19.7 Å². The number of benzene rings is 3. The molecule has 3 aromatic rings. The second kappa shape index (κ2) is 13.8. The molecule has 2 amide bonds. The first-order valence-electron chi connectivity index (χ1n) is 13.9. The van der Waals surface area contributed by atoms with Crippen LogP contribution in [0.15, 0.2) is 72.8 Å². The lowest BCUT2D eigenvalue weighted by molar-refractivity contribution is -0.143. The number of methoxy groups -OCH3 is 1. The molecule has 0 spiro atoms. The minimum atomic E-state index is -0.684. The standard InChI is InChI=1S/C33H40N2O4/c1-24-17-25(2)19-30(18-24)39-23-32(36)35(22-27-13-10-16-29(20-27)38-3)31(21-26-11-6-4-7-12-26)33(37)34-28-14-8-5-9-15-28/h4,6-7,10-13,16-20,28,31H,5,8-9,14-15,21-23H2,1-3H3,(H,34,37)/t31-/m0/s1. The Hall–Kier alpha value is -3.80. The molecular formula is C33H40N2O4. The third-order valence-corrected chi connectivity index (χ3v) is 7.27. The van der Waals surface area contributed by atoms with Crippen molar-refractivity contribution in [2.45, 2.75) is 71.0 Å². The van der Waals surface area contributed by atoms with Gasteiger partial charge in [0.05, 0.1) is 7.11 Å². The van der Waals surface area contributed by atoms with Gasteiger partial charge in [0.25, 0.3) is 5.91 Å². The van der Waals surface area contributed by atoms with Gasteiger partial charge in [-0.05, 0) is 73.2 Å². The van der Waals surface area contributed by atoms with Crippen molar-refractivity contribution in [3.8, 4) is 11.5 Å². The molecule has 1 saturated carbocycles. The number of carbonyl (C=O) groups excluding carboxylic acids is 2. The van der Waals surface area contributed by atoms with Crippen LogP contribution in [0.3, 0.4) is 0 Å². The SMILES string of the molecule is COc1cccc(CN(C(=O)COc2cc(C)cc(C)c2)[C@@H](Cc2ccccc2)C(=O)NC2CCCCC2)c1. The van der Waals surface area contributed by atoms with Crippen molar-refractivity contribution in [1.82, 2.24) is 10.2 Å². The molecule has 0 aliphatic heterocycles. The number of carbonyl (C=O) groups is 2. The molecular weight excluding hydrogens is 488 g/mol. The Bertz CT molecular complexity index is 1220. The van der Waals surface area contributed by atoms with E-state index < -0.39 is 6.04 Å². The maximum absolute atomic E-state index is 13.9. The predicted octanol–water partition coefficient (Wildman–Crippen LogP) is 5.78. The van der Waals surface area contributed by atoms with Crippen LogP contribution in [-0.2, 0) is 22.6 Å². The quantitative estimate of drug-likeness (QED) is 0.343. The van der Waals surface area contributed by atoms with E-state index in [0.717, 1.165) is 47.9 Å². The number of hydrogen-bond acceptors (Lipinski definition) is 4. The number of nitrogens with one attached hydrogen (secondary N) is 1. The molecule has 1 fully saturated rings. The fraction of sp³-hybridized carbons (Fsp3) is 0.394. The fourth-order valence-corrected chi connectivity index (χ4v) is 5.31. The molecule has 0 saturated heterocycles. The molecule has 4 rings (SSSR count). The highest BCUT2D eigenvalue weighted by Crippen LogP contribution is 2.22. The van der Waals surface area contributed by atoms with Gasteiger partial charge in [0, 0.05) is 19.0 Å². The highest BCUT2D eigenvalue weighted by Gasteiger charge is 2.32. The van der Waals surface area contributed by atoms with Gasteiger partial charge in [0.1, 0.15) is 17.5 Å². The summed E-state index contributed by atoms with van der Waals surface area (Å²) in [6.07, 6.45) is 5.80. The summed E-state index contributed by atoms with van der Waals surface area (Å²) in [6, 6.07) is 22.9. The van der Waals surface area contributed by atoms with Crippen LogP contribution >= 0.6 is 0 Å². The third-order valence-electron chi connectivity index (χ3n) is 7.27. The first-order chi connectivity index (χ1) is 18.9. The molecule has 206 valence electrons.